The van der Waals surface area contributed by atoms with Crippen LogP contribution >= 0.6 is 0 Å². The van der Waals surface area contributed by atoms with Crippen molar-refractivity contribution in [1.29, 1.82) is 5.41 Å². The summed E-state index contributed by atoms with van der Waals surface area (Å²) in [5.41, 5.74) is 5.69. The smallest absolute Gasteiger partial charge is 0.223 e. The Morgan fingerprint density at radius 3 is 3.08 bits per heavy atom. The SMILES string of the molecule is CCNc1nccc(C(=N)N)n1. The van der Waals surface area contributed by atoms with Crippen molar-refractivity contribution in [3.63, 3.8) is 0 Å². The topological polar surface area (TPSA) is 87.7 Å². The van der Waals surface area contributed by atoms with Gasteiger partial charge in [-0.2, -0.15) is 0 Å². The van der Waals surface area contributed by atoms with Gasteiger partial charge in [0.2, 0.25) is 5.95 Å². The number of nitrogens with zero attached hydrogens (tertiary/aromatic N) is 2. The zero-order valence-corrected chi connectivity index (χ0v) is 6.83. The molecule has 0 unspecified atom stereocenters. The lowest BCUT2D eigenvalue weighted by atomic mass is 10.4. The average molecular weight is 165 g/mol. The summed E-state index contributed by atoms with van der Waals surface area (Å²) in [5, 5.41) is 10.1. The summed E-state index contributed by atoms with van der Waals surface area (Å²) in [6, 6.07) is 1.60. The molecule has 0 aromatic carbocycles. The standard InChI is InChI=1S/C7H11N5/c1-2-10-7-11-4-3-5(12-7)6(8)9/h3-4H,2H2,1H3,(H3,8,9)(H,10,11,12). The third-order valence-corrected chi connectivity index (χ3v) is 1.27. The molecule has 0 spiro atoms. The van der Waals surface area contributed by atoms with Crippen molar-refractivity contribution >= 4 is 11.8 Å². The van der Waals surface area contributed by atoms with Gasteiger partial charge in [-0.15, -0.1) is 0 Å². The van der Waals surface area contributed by atoms with Crippen molar-refractivity contribution in [2.45, 2.75) is 6.92 Å². The molecule has 0 aliphatic heterocycles. The molecule has 5 nitrogen and oxygen atoms in total. The number of rotatable bonds is 3. The fraction of sp³-hybridized carbons (Fsp3) is 0.286. The highest BCUT2D eigenvalue weighted by Crippen LogP contribution is 1.98. The molecule has 1 aromatic rings. The van der Waals surface area contributed by atoms with E-state index in [9.17, 15) is 0 Å². The van der Waals surface area contributed by atoms with Crippen LogP contribution in [0.2, 0.25) is 0 Å². The van der Waals surface area contributed by atoms with E-state index in [1.807, 2.05) is 6.92 Å². The number of nitrogen functional groups attached to an aromatic ring is 1. The number of anilines is 1. The fourth-order valence-corrected chi connectivity index (χ4v) is 0.752. The molecular weight excluding hydrogens is 154 g/mol. The molecule has 1 rings (SSSR count). The van der Waals surface area contributed by atoms with Crippen LogP contribution < -0.4 is 11.1 Å². The average Bonchev–Trinajstić information content (AvgIpc) is 2.05. The van der Waals surface area contributed by atoms with Crippen molar-refractivity contribution in [1.82, 2.24) is 9.97 Å². The van der Waals surface area contributed by atoms with E-state index in [0.717, 1.165) is 6.54 Å². The second-order valence-corrected chi connectivity index (χ2v) is 2.21. The van der Waals surface area contributed by atoms with Crippen molar-refractivity contribution in [3.8, 4) is 0 Å². The maximum Gasteiger partial charge on any atom is 0.223 e. The molecule has 64 valence electrons. The lowest BCUT2D eigenvalue weighted by molar-refractivity contribution is 1.07. The van der Waals surface area contributed by atoms with E-state index >= 15 is 0 Å². The van der Waals surface area contributed by atoms with Gasteiger partial charge in [-0.1, -0.05) is 0 Å². The van der Waals surface area contributed by atoms with E-state index in [1.165, 1.54) is 0 Å². The van der Waals surface area contributed by atoms with Gasteiger partial charge in [0.1, 0.15) is 11.5 Å². The lowest BCUT2D eigenvalue weighted by Gasteiger charge is -2.01. The second kappa shape index (κ2) is 3.66. The van der Waals surface area contributed by atoms with Crippen LogP contribution in [0, 0.1) is 5.41 Å². The first-order valence-corrected chi connectivity index (χ1v) is 3.65. The Hall–Kier alpha value is -1.65. The summed E-state index contributed by atoms with van der Waals surface area (Å²) in [4.78, 5) is 7.93. The molecule has 0 bridgehead atoms. The number of nitrogens with two attached hydrogens (primary N) is 1. The molecule has 0 atom stereocenters. The number of aromatic nitrogens is 2. The van der Waals surface area contributed by atoms with Crippen LogP contribution in [0.25, 0.3) is 0 Å². The van der Waals surface area contributed by atoms with Crippen LogP contribution in [-0.2, 0) is 0 Å². The van der Waals surface area contributed by atoms with E-state index in [2.05, 4.69) is 15.3 Å². The second-order valence-electron chi connectivity index (χ2n) is 2.21. The summed E-state index contributed by atoms with van der Waals surface area (Å²) >= 11 is 0. The van der Waals surface area contributed by atoms with Crippen LogP contribution in [-0.4, -0.2) is 22.3 Å². The van der Waals surface area contributed by atoms with Gasteiger partial charge in [0.05, 0.1) is 0 Å². The summed E-state index contributed by atoms with van der Waals surface area (Å²) in [6.45, 7) is 2.70. The third kappa shape index (κ3) is 1.91. The van der Waals surface area contributed by atoms with Gasteiger partial charge in [0.15, 0.2) is 0 Å². The minimum atomic E-state index is -0.0449. The van der Waals surface area contributed by atoms with Crippen LogP contribution in [0.15, 0.2) is 12.3 Å². The Bertz CT molecular complexity index is 283. The summed E-state index contributed by atoms with van der Waals surface area (Å²) in [7, 11) is 0. The Labute approximate surface area is 70.5 Å². The molecule has 0 amide bonds. The summed E-state index contributed by atoms with van der Waals surface area (Å²) in [6.07, 6.45) is 1.57. The maximum atomic E-state index is 7.12. The number of hydrogen-bond acceptors (Lipinski definition) is 4. The highest BCUT2D eigenvalue weighted by molar-refractivity contribution is 5.93. The molecule has 0 saturated heterocycles. The lowest BCUT2D eigenvalue weighted by Crippen LogP contribution is -2.14. The van der Waals surface area contributed by atoms with E-state index in [1.54, 1.807) is 12.3 Å². The van der Waals surface area contributed by atoms with E-state index in [0.29, 0.717) is 11.6 Å². The zero-order chi connectivity index (χ0) is 8.97. The minimum absolute atomic E-state index is 0.0449. The molecule has 0 radical (unpaired) electrons. The molecule has 0 aliphatic carbocycles. The van der Waals surface area contributed by atoms with Gasteiger partial charge in [0.25, 0.3) is 0 Å². The Kier molecular flexibility index (Phi) is 2.57. The van der Waals surface area contributed by atoms with Crippen molar-refractivity contribution < 1.29 is 0 Å². The highest BCUT2D eigenvalue weighted by Gasteiger charge is 1.99. The van der Waals surface area contributed by atoms with Crippen molar-refractivity contribution in [3.05, 3.63) is 18.0 Å². The molecule has 1 aromatic heterocycles. The first-order chi connectivity index (χ1) is 5.74. The molecule has 0 aliphatic rings. The highest BCUT2D eigenvalue weighted by atomic mass is 15.1. The Balaban J connectivity index is 2.88. The minimum Gasteiger partial charge on any atom is -0.382 e. The van der Waals surface area contributed by atoms with Crippen molar-refractivity contribution in [2.24, 2.45) is 5.73 Å². The van der Waals surface area contributed by atoms with E-state index in [-0.39, 0.29) is 5.84 Å². The molecular formula is C7H11N5. The quantitative estimate of drug-likeness (QED) is 0.440. The number of nitrogens with one attached hydrogen (secondary N) is 2. The first-order valence-electron chi connectivity index (χ1n) is 3.65. The fourth-order valence-electron chi connectivity index (χ4n) is 0.752. The van der Waals surface area contributed by atoms with Gasteiger partial charge in [0, 0.05) is 12.7 Å². The summed E-state index contributed by atoms with van der Waals surface area (Å²) in [5.74, 6) is 0.460. The van der Waals surface area contributed by atoms with E-state index in [4.69, 9.17) is 11.1 Å². The van der Waals surface area contributed by atoms with Crippen molar-refractivity contribution in [2.75, 3.05) is 11.9 Å². The molecule has 5 heteroatoms. The summed E-state index contributed by atoms with van der Waals surface area (Å²) < 4.78 is 0. The molecule has 4 N–H and O–H groups in total. The first kappa shape index (κ1) is 8.45. The van der Waals surface area contributed by atoms with Gasteiger partial charge in [-0.3, -0.25) is 5.41 Å². The molecule has 12 heavy (non-hydrogen) atoms. The Morgan fingerprint density at radius 2 is 2.50 bits per heavy atom. The number of amidine groups is 1. The van der Waals surface area contributed by atoms with Crippen LogP contribution in [0.1, 0.15) is 12.6 Å². The number of hydrogen-bond donors (Lipinski definition) is 3. The molecule has 0 fully saturated rings. The van der Waals surface area contributed by atoms with E-state index < -0.39 is 0 Å². The van der Waals surface area contributed by atoms with Gasteiger partial charge in [-0.05, 0) is 13.0 Å². The van der Waals surface area contributed by atoms with Crippen LogP contribution in [0.4, 0.5) is 5.95 Å². The van der Waals surface area contributed by atoms with Gasteiger partial charge < -0.3 is 11.1 Å². The monoisotopic (exact) mass is 165 g/mol. The van der Waals surface area contributed by atoms with Crippen LogP contribution in [0.3, 0.4) is 0 Å². The molecule has 1 heterocycles. The Morgan fingerprint density at radius 1 is 1.75 bits per heavy atom. The zero-order valence-electron chi connectivity index (χ0n) is 6.83. The normalized spacial score (nSPS) is 9.42. The largest absolute Gasteiger partial charge is 0.382 e. The van der Waals surface area contributed by atoms with Gasteiger partial charge in [-0.25, -0.2) is 9.97 Å². The van der Waals surface area contributed by atoms with Gasteiger partial charge >= 0.3 is 0 Å². The van der Waals surface area contributed by atoms with Crippen LogP contribution in [0.5, 0.6) is 0 Å². The maximum absolute atomic E-state index is 7.12. The predicted octanol–water partition coefficient (Wildman–Crippen LogP) is 0.192. The predicted molar refractivity (Wildman–Crippen MR) is 47.2 cm³/mol. The third-order valence-electron chi connectivity index (χ3n) is 1.27. The molecule has 0 saturated carbocycles.